The summed E-state index contributed by atoms with van der Waals surface area (Å²) in [5, 5.41) is 0. The maximum atomic E-state index is 5.67. The van der Waals surface area contributed by atoms with Crippen molar-refractivity contribution in [2.75, 3.05) is 5.88 Å². The highest BCUT2D eigenvalue weighted by molar-refractivity contribution is 6.17. The molecule has 0 amide bonds. The number of hydrogen-bond acceptors (Lipinski definition) is 1. The van der Waals surface area contributed by atoms with Crippen molar-refractivity contribution in [3.63, 3.8) is 0 Å². The van der Waals surface area contributed by atoms with E-state index in [-0.39, 0.29) is 6.15 Å². The topological polar surface area (TPSA) is 35.0 Å². The van der Waals surface area contributed by atoms with E-state index in [2.05, 4.69) is 6.92 Å². The molecule has 0 saturated heterocycles. The van der Waals surface area contributed by atoms with Crippen molar-refractivity contribution < 1.29 is 0 Å². The van der Waals surface area contributed by atoms with Crippen LogP contribution in [0.25, 0.3) is 0 Å². The molecule has 2 heteroatoms. The lowest BCUT2D eigenvalue weighted by Gasteiger charge is -2.03. The highest BCUT2D eigenvalue weighted by Gasteiger charge is 1.94. The Hall–Kier alpha value is 0.250. The molecule has 0 bridgehead atoms. The molecule has 3 N–H and O–H groups in total. The summed E-state index contributed by atoms with van der Waals surface area (Å²) in [5.74, 6) is 0.846. The molecule has 0 spiro atoms. The fraction of sp³-hybridized carbons (Fsp3) is 1.00. The molecular weight excluding hydrogens is 278 g/mol. The van der Waals surface area contributed by atoms with Crippen molar-refractivity contribution >= 4 is 11.6 Å². The van der Waals surface area contributed by atoms with Crippen LogP contribution in [0.4, 0.5) is 0 Å². The van der Waals surface area contributed by atoms with Crippen molar-refractivity contribution in [2.24, 2.45) is 0 Å². The fourth-order valence-electron chi connectivity index (χ4n) is 2.82. The lowest BCUT2D eigenvalue weighted by atomic mass is 10.0. The summed E-state index contributed by atoms with van der Waals surface area (Å²) in [4.78, 5) is 0. The molecule has 0 atom stereocenters. The summed E-state index contributed by atoms with van der Waals surface area (Å²) in [6.45, 7) is 2.29. The average molecular weight is 320 g/mol. The van der Waals surface area contributed by atoms with Crippen molar-refractivity contribution in [1.29, 1.82) is 0 Å². The van der Waals surface area contributed by atoms with Gasteiger partial charge in [-0.2, -0.15) is 0 Å². The Morgan fingerprint density at radius 2 is 0.667 bits per heavy atom. The lowest BCUT2D eigenvalue weighted by Crippen LogP contribution is -1.84. The highest BCUT2D eigenvalue weighted by atomic mass is 35.5. The van der Waals surface area contributed by atoms with Gasteiger partial charge >= 0.3 is 0 Å². The zero-order valence-electron chi connectivity index (χ0n) is 14.8. The first-order valence-electron chi connectivity index (χ1n) is 9.47. The Morgan fingerprint density at radius 1 is 0.429 bits per heavy atom. The molecule has 0 heterocycles. The SMILES string of the molecule is CCCCCCCCCCCCCCCCCCCCl.N. The van der Waals surface area contributed by atoms with Crippen LogP contribution in [-0.4, -0.2) is 5.88 Å². The molecule has 0 aromatic heterocycles. The molecule has 0 unspecified atom stereocenters. The zero-order valence-corrected chi connectivity index (χ0v) is 15.6. The molecule has 0 aliphatic carbocycles. The van der Waals surface area contributed by atoms with Gasteiger partial charge < -0.3 is 6.15 Å². The van der Waals surface area contributed by atoms with Gasteiger partial charge in [-0.25, -0.2) is 0 Å². The van der Waals surface area contributed by atoms with E-state index in [0.29, 0.717) is 0 Å². The standard InChI is InChI=1S/C19H39Cl.H3N/c1-2-3-4-5-6-7-8-9-10-11-12-13-14-15-16-17-18-19-20;/h2-19H2,1H3;1H3. The van der Waals surface area contributed by atoms with Gasteiger partial charge in [0.05, 0.1) is 0 Å². The van der Waals surface area contributed by atoms with Crippen molar-refractivity contribution in [3.8, 4) is 0 Å². The molecule has 0 radical (unpaired) electrons. The maximum absolute atomic E-state index is 5.67. The third-order valence-corrected chi connectivity index (χ3v) is 4.50. The van der Waals surface area contributed by atoms with Gasteiger partial charge in [0.15, 0.2) is 0 Å². The number of halogens is 1. The third kappa shape index (κ3) is 22.7. The second kappa shape index (κ2) is 22.5. The summed E-state index contributed by atoms with van der Waals surface area (Å²) in [6, 6.07) is 0. The van der Waals surface area contributed by atoms with Crippen LogP contribution in [0.15, 0.2) is 0 Å². The third-order valence-electron chi connectivity index (χ3n) is 4.24. The van der Waals surface area contributed by atoms with E-state index in [1.165, 1.54) is 109 Å². The monoisotopic (exact) mass is 319 g/mol. The van der Waals surface area contributed by atoms with E-state index in [1.807, 2.05) is 0 Å². The normalized spacial score (nSPS) is 10.6. The molecule has 0 aromatic rings. The molecule has 0 aromatic carbocycles. The Morgan fingerprint density at radius 3 is 0.905 bits per heavy atom. The second-order valence-corrected chi connectivity index (χ2v) is 6.72. The van der Waals surface area contributed by atoms with Gasteiger partial charge in [-0.15, -0.1) is 11.6 Å². The largest absolute Gasteiger partial charge is 0.344 e. The van der Waals surface area contributed by atoms with Crippen molar-refractivity contribution in [3.05, 3.63) is 0 Å². The van der Waals surface area contributed by atoms with Gasteiger partial charge in [0.25, 0.3) is 0 Å². The van der Waals surface area contributed by atoms with Crippen LogP contribution in [0.3, 0.4) is 0 Å². The number of alkyl halides is 1. The Labute approximate surface area is 140 Å². The average Bonchev–Trinajstić information content (AvgIpc) is 2.47. The van der Waals surface area contributed by atoms with Gasteiger partial charge in [-0.05, 0) is 6.42 Å². The molecular formula is C19H42ClN. The molecule has 1 nitrogen and oxygen atoms in total. The summed E-state index contributed by atoms with van der Waals surface area (Å²) in [7, 11) is 0. The van der Waals surface area contributed by atoms with E-state index in [4.69, 9.17) is 11.6 Å². The fourth-order valence-corrected chi connectivity index (χ4v) is 3.01. The minimum atomic E-state index is 0. The van der Waals surface area contributed by atoms with Gasteiger partial charge in [-0.1, -0.05) is 110 Å². The smallest absolute Gasteiger partial charge is 0.0223 e. The molecule has 0 fully saturated rings. The van der Waals surface area contributed by atoms with E-state index in [1.54, 1.807) is 0 Å². The van der Waals surface area contributed by atoms with E-state index < -0.39 is 0 Å². The summed E-state index contributed by atoms with van der Waals surface area (Å²) in [5.41, 5.74) is 0. The van der Waals surface area contributed by atoms with Gasteiger partial charge in [0.2, 0.25) is 0 Å². The lowest BCUT2D eigenvalue weighted by molar-refractivity contribution is 0.529. The Balaban J connectivity index is 0. The number of hydrogen-bond donors (Lipinski definition) is 1. The summed E-state index contributed by atoms with van der Waals surface area (Å²) < 4.78 is 0. The first kappa shape index (κ1) is 23.5. The molecule has 0 aliphatic heterocycles. The van der Waals surface area contributed by atoms with Gasteiger partial charge in [0, 0.05) is 5.88 Å². The molecule has 21 heavy (non-hydrogen) atoms. The minimum absolute atomic E-state index is 0. The van der Waals surface area contributed by atoms with Crippen LogP contribution in [-0.2, 0) is 0 Å². The van der Waals surface area contributed by atoms with Crippen molar-refractivity contribution in [2.45, 2.75) is 116 Å². The van der Waals surface area contributed by atoms with Gasteiger partial charge in [-0.3, -0.25) is 0 Å². The summed E-state index contributed by atoms with van der Waals surface area (Å²) >= 11 is 5.67. The maximum Gasteiger partial charge on any atom is 0.0223 e. The Kier molecular flexibility index (Phi) is 25.2. The molecule has 0 rings (SSSR count). The van der Waals surface area contributed by atoms with Crippen LogP contribution in [0, 0.1) is 0 Å². The van der Waals surface area contributed by atoms with Crippen LogP contribution < -0.4 is 6.15 Å². The quantitative estimate of drug-likeness (QED) is 0.213. The summed E-state index contributed by atoms with van der Waals surface area (Å²) in [6.07, 6.45) is 24.3. The Bertz CT molecular complexity index is 144. The van der Waals surface area contributed by atoms with Crippen LogP contribution in [0.1, 0.15) is 116 Å². The van der Waals surface area contributed by atoms with E-state index >= 15 is 0 Å². The van der Waals surface area contributed by atoms with Crippen molar-refractivity contribution in [1.82, 2.24) is 6.15 Å². The van der Waals surface area contributed by atoms with Crippen LogP contribution in [0.2, 0.25) is 0 Å². The predicted octanol–water partition coefficient (Wildman–Crippen LogP) is 8.04. The van der Waals surface area contributed by atoms with E-state index in [0.717, 1.165) is 5.88 Å². The van der Waals surface area contributed by atoms with E-state index in [9.17, 15) is 0 Å². The zero-order chi connectivity index (χ0) is 14.7. The number of rotatable bonds is 17. The first-order chi connectivity index (χ1) is 9.91. The molecule has 0 aliphatic rings. The van der Waals surface area contributed by atoms with Crippen LogP contribution in [0.5, 0.6) is 0 Å². The van der Waals surface area contributed by atoms with Gasteiger partial charge in [0.1, 0.15) is 0 Å². The minimum Gasteiger partial charge on any atom is -0.344 e. The highest BCUT2D eigenvalue weighted by Crippen LogP contribution is 2.13. The predicted molar refractivity (Wildman–Crippen MR) is 99.9 cm³/mol. The first-order valence-corrected chi connectivity index (χ1v) is 10.0. The number of unbranched alkanes of at least 4 members (excludes halogenated alkanes) is 16. The molecule has 130 valence electrons. The second-order valence-electron chi connectivity index (χ2n) is 6.35. The molecule has 0 saturated carbocycles. The van der Waals surface area contributed by atoms with Crippen LogP contribution >= 0.6 is 11.6 Å².